The highest BCUT2D eigenvalue weighted by Gasteiger charge is 2.11. The van der Waals surface area contributed by atoms with Crippen molar-refractivity contribution in [2.75, 3.05) is 32.0 Å². The summed E-state index contributed by atoms with van der Waals surface area (Å²) >= 11 is 0. The van der Waals surface area contributed by atoms with E-state index in [1.165, 1.54) is 5.57 Å². The Morgan fingerprint density at radius 1 is 1.32 bits per heavy atom. The summed E-state index contributed by atoms with van der Waals surface area (Å²) < 4.78 is 0. The van der Waals surface area contributed by atoms with Crippen molar-refractivity contribution in [1.29, 1.82) is 5.26 Å². The summed E-state index contributed by atoms with van der Waals surface area (Å²) in [5.41, 5.74) is 3.44. The smallest absolute Gasteiger partial charge is 0.186 e. The van der Waals surface area contributed by atoms with E-state index in [-0.39, 0.29) is 0 Å². The molecule has 3 rings (SSSR count). The Morgan fingerprint density at radius 2 is 2.18 bits per heavy atom. The van der Waals surface area contributed by atoms with Crippen molar-refractivity contribution in [3.63, 3.8) is 0 Å². The van der Waals surface area contributed by atoms with Crippen LogP contribution >= 0.6 is 0 Å². The molecular weight excluding hydrogens is 274 g/mol. The maximum atomic E-state index is 9.25. The molecule has 1 aromatic carbocycles. The number of fused-ring (bicyclic) bond motifs is 1. The number of hydrogen-bond donors (Lipinski definition) is 1. The van der Waals surface area contributed by atoms with Gasteiger partial charge in [-0.3, -0.25) is 0 Å². The number of likely N-dealkylation sites (N-methyl/N-ethyl adjacent to an activating group) is 1. The third kappa shape index (κ3) is 3.07. The number of nitriles is 1. The summed E-state index contributed by atoms with van der Waals surface area (Å²) in [7, 11) is 2.14. The second kappa shape index (κ2) is 6.54. The van der Waals surface area contributed by atoms with Gasteiger partial charge in [-0.05, 0) is 26.0 Å². The third-order valence-corrected chi connectivity index (χ3v) is 4.03. The number of rotatable bonds is 4. The SMILES string of the molecule is CN1CC=C(CCNc2c(C#N)nnc3ccccc23)CC1. The van der Waals surface area contributed by atoms with Gasteiger partial charge in [0.05, 0.1) is 11.2 Å². The van der Waals surface area contributed by atoms with Gasteiger partial charge in [0, 0.05) is 25.0 Å². The minimum atomic E-state index is 0.357. The molecule has 0 saturated heterocycles. The van der Waals surface area contributed by atoms with E-state index in [1.807, 2.05) is 24.3 Å². The summed E-state index contributed by atoms with van der Waals surface area (Å²) in [4.78, 5) is 2.31. The van der Waals surface area contributed by atoms with Gasteiger partial charge in [0.2, 0.25) is 0 Å². The first kappa shape index (κ1) is 14.5. The fourth-order valence-corrected chi connectivity index (χ4v) is 2.70. The molecule has 112 valence electrons. The summed E-state index contributed by atoms with van der Waals surface area (Å²) in [5, 5.41) is 21.7. The number of aromatic nitrogens is 2. The van der Waals surface area contributed by atoms with Crippen molar-refractivity contribution < 1.29 is 0 Å². The second-order valence-electron chi connectivity index (χ2n) is 5.60. The van der Waals surface area contributed by atoms with Crippen molar-refractivity contribution >= 4 is 16.6 Å². The molecule has 0 bridgehead atoms. The van der Waals surface area contributed by atoms with Gasteiger partial charge in [-0.2, -0.15) is 5.26 Å². The fourth-order valence-electron chi connectivity index (χ4n) is 2.70. The molecule has 5 heteroatoms. The predicted octanol–water partition coefficient (Wildman–Crippen LogP) is 2.57. The summed E-state index contributed by atoms with van der Waals surface area (Å²) in [6, 6.07) is 9.89. The van der Waals surface area contributed by atoms with E-state index in [2.05, 4.69) is 39.6 Å². The van der Waals surface area contributed by atoms with Crippen molar-refractivity contribution in [3.05, 3.63) is 41.6 Å². The van der Waals surface area contributed by atoms with Crippen molar-refractivity contribution in [3.8, 4) is 6.07 Å². The lowest BCUT2D eigenvalue weighted by molar-refractivity contribution is 0.357. The molecule has 2 heterocycles. The Kier molecular flexibility index (Phi) is 4.31. The second-order valence-corrected chi connectivity index (χ2v) is 5.60. The topological polar surface area (TPSA) is 64.8 Å². The first-order chi connectivity index (χ1) is 10.8. The molecule has 0 spiro atoms. The largest absolute Gasteiger partial charge is 0.382 e. The van der Waals surface area contributed by atoms with Gasteiger partial charge in [0.1, 0.15) is 6.07 Å². The van der Waals surface area contributed by atoms with Crippen LogP contribution in [0.5, 0.6) is 0 Å². The Bertz CT molecular complexity index is 744. The lowest BCUT2D eigenvalue weighted by Gasteiger charge is -2.22. The standard InChI is InChI=1S/C17H19N5/c1-22-10-7-13(8-11-22)6-9-19-17-14-4-2-3-5-15(14)20-21-16(17)12-18/h2-5,7H,6,8-11H2,1H3,(H,19,20). The minimum absolute atomic E-state index is 0.357. The Labute approximate surface area is 130 Å². The first-order valence-electron chi connectivity index (χ1n) is 7.54. The van der Waals surface area contributed by atoms with Crippen molar-refractivity contribution in [1.82, 2.24) is 15.1 Å². The molecule has 0 radical (unpaired) electrons. The van der Waals surface area contributed by atoms with Crippen LogP contribution in [0.2, 0.25) is 0 Å². The fraction of sp³-hybridized carbons (Fsp3) is 0.353. The molecule has 1 N–H and O–H groups in total. The maximum Gasteiger partial charge on any atom is 0.186 e. The van der Waals surface area contributed by atoms with Crippen molar-refractivity contribution in [2.45, 2.75) is 12.8 Å². The number of anilines is 1. The van der Waals surface area contributed by atoms with E-state index >= 15 is 0 Å². The normalized spacial score (nSPS) is 15.4. The number of nitrogens with zero attached hydrogens (tertiary/aromatic N) is 4. The molecule has 0 saturated carbocycles. The van der Waals surface area contributed by atoms with E-state index < -0.39 is 0 Å². The van der Waals surface area contributed by atoms with Crippen LogP contribution < -0.4 is 5.32 Å². The van der Waals surface area contributed by atoms with Crippen LogP contribution in [0.15, 0.2) is 35.9 Å². The highest BCUT2D eigenvalue weighted by atomic mass is 15.1. The van der Waals surface area contributed by atoms with E-state index in [9.17, 15) is 5.26 Å². The van der Waals surface area contributed by atoms with E-state index in [4.69, 9.17) is 0 Å². The van der Waals surface area contributed by atoms with E-state index in [1.54, 1.807) is 0 Å². The average Bonchev–Trinajstić information content (AvgIpc) is 2.56. The number of nitrogens with one attached hydrogen (secondary N) is 1. The quantitative estimate of drug-likeness (QED) is 0.878. The van der Waals surface area contributed by atoms with Crippen LogP contribution in [0.25, 0.3) is 10.9 Å². The predicted molar refractivity (Wildman–Crippen MR) is 87.6 cm³/mol. The van der Waals surface area contributed by atoms with Gasteiger partial charge < -0.3 is 10.2 Å². The molecular formula is C17H19N5. The highest BCUT2D eigenvalue weighted by Crippen LogP contribution is 2.24. The van der Waals surface area contributed by atoms with Crippen LogP contribution in [-0.2, 0) is 0 Å². The zero-order valence-electron chi connectivity index (χ0n) is 12.7. The molecule has 0 amide bonds. The Morgan fingerprint density at radius 3 is 2.95 bits per heavy atom. The molecule has 0 unspecified atom stereocenters. The first-order valence-corrected chi connectivity index (χ1v) is 7.54. The lowest BCUT2D eigenvalue weighted by Crippen LogP contribution is -2.24. The van der Waals surface area contributed by atoms with Gasteiger partial charge >= 0.3 is 0 Å². The molecule has 0 atom stereocenters. The van der Waals surface area contributed by atoms with Gasteiger partial charge in [-0.15, -0.1) is 10.2 Å². The molecule has 5 nitrogen and oxygen atoms in total. The van der Waals surface area contributed by atoms with Gasteiger partial charge in [-0.1, -0.05) is 29.8 Å². The van der Waals surface area contributed by atoms with Gasteiger partial charge in [-0.25, -0.2) is 0 Å². The Balaban J connectivity index is 1.75. The minimum Gasteiger partial charge on any atom is -0.382 e. The van der Waals surface area contributed by atoms with Crippen LogP contribution in [0.1, 0.15) is 18.5 Å². The average molecular weight is 293 g/mol. The number of hydrogen-bond acceptors (Lipinski definition) is 5. The molecule has 2 aromatic rings. The van der Waals surface area contributed by atoms with Crippen LogP contribution in [0.3, 0.4) is 0 Å². The summed E-state index contributed by atoms with van der Waals surface area (Å²) in [6.07, 6.45) is 4.42. The molecule has 1 aliphatic rings. The summed E-state index contributed by atoms with van der Waals surface area (Å²) in [5.74, 6) is 0. The maximum absolute atomic E-state index is 9.25. The molecule has 1 aromatic heterocycles. The van der Waals surface area contributed by atoms with E-state index in [0.29, 0.717) is 5.69 Å². The number of benzene rings is 1. The van der Waals surface area contributed by atoms with Gasteiger partial charge in [0.15, 0.2) is 5.69 Å². The lowest BCUT2D eigenvalue weighted by atomic mass is 10.1. The third-order valence-electron chi connectivity index (χ3n) is 4.03. The molecule has 22 heavy (non-hydrogen) atoms. The molecule has 0 fully saturated rings. The molecule has 0 aliphatic carbocycles. The monoisotopic (exact) mass is 293 g/mol. The molecule has 1 aliphatic heterocycles. The summed E-state index contributed by atoms with van der Waals surface area (Å²) in [6.45, 7) is 2.95. The van der Waals surface area contributed by atoms with Crippen LogP contribution in [0, 0.1) is 11.3 Å². The zero-order chi connectivity index (χ0) is 15.4. The zero-order valence-corrected chi connectivity index (χ0v) is 12.7. The highest BCUT2D eigenvalue weighted by molar-refractivity contribution is 5.92. The Hall–Kier alpha value is -2.45. The van der Waals surface area contributed by atoms with Crippen LogP contribution in [-0.4, -0.2) is 41.8 Å². The van der Waals surface area contributed by atoms with Gasteiger partial charge in [0.25, 0.3) is 0 Å². The van der Waals surface area contributed by atoms with Crippen molar-refractivity contribution in [2.24, 2.45) is 0 Å². The van der Waals surface area contributed by atoms with E-state index in [0.717, 1.165) is 49.1 Å². The van der Waals surface area contributed by atoms with Crippen LogP contribution in [0.4, 0.5) is 5.69 Å².